The van der Waals surface area contributed by atoms with E-state index >= 15 is 0 Å². The van der Waals surface area contributed by atoms with Gasteiger partial charge in [0, 0.05) is 0 Å². The van der Waals surface area contributed by atoms with Crippen molar-refractivity contribution in [2.75, 3.05) is 12.0 Å². The second-order valence-electron chi connectivity index (χ2n) is 6.11. The molecule has 0 unspecified atom stereocenters. The summed E-state index contributed by atoms with van der Waals surface area (Å²) < 4.78 is 5.12. The zero-order chi connectivity index (χ0) is 18.1. The molecule has 25 heavy (non-hydrogen) atoms. The van der Waals surface area contributed by atoms with Crippen molar-refractivity contribution in [1.29, 1.82) is 0 Å². The van der Waals surface area contributed by atoms with E-state index < -0.39 is 11.8 Å². The van der Waals surface area contributed by atoms with Gasteiger partial charge in [-0.15, -0.1) is 0 Å². The highest BCUT2D eigenvalue weighted by Crippen LogP contribution is 2.35. The summed E-state index contributed by atoms with van der Waals surface area (Å²) in [5.41, 5.74) is 2.45. The number of hydrogen-bond donors (Lipinski definition) is 0. The number of carbonyl (C=O) groups excluding carboxylic acids is 2. The average molecular weight is 356 g/mol. The molecule has 1 heterocycles. The van der Waals surface area contributed by atoms with Gasteiger partial charge in [0.2, 0.25) is 0 Å². The van der Waals surface area contributed by atoms with Crippen LogP contribution >= 0.6 is 11.6 Å². The van der Waals surface area contributed by atoms with Crippen molar-refractivity contribution in [3.63, 3.8) is 0 Å². The summed E-state index contributed by atoms with van der Waals surface area (Å²) in [7, 11) is 1.56. The molecule has 0 atom stereocenters. The maximum Gasteiger partial charge on any atom is 0.277 e. The monoisotopic (exact) mass is 355 g/mol. The lowest BCUT2D eigenvalue weighted by molar-refractivity contribution is -0.119. The van der Waals surface area contributed by atoms with Gasteiger partial charge in [0.1, 0.15) is 10.8 Å². The van der Waals surface area contributed by atoms with Crippen LogP contribution in [-0.2, 0) is 9.59 Å². The summed E-state index contributed by atoms with van der Waals surface area (Å²) in [5, 5.41) is -0.0666. The van der Waals surface area contributed by atoms with E-state index in [9.17, 15) is 9.59 Å². The largest absolute Gasteiger partial charge is 0.497 e. The Hall–Kier alpha value is -2.59. The lowest BCUT2D eigenvalue weighted by atomic mass is 10.0. The van der Waals surface area contributed by atoms with Crippen LogP contribution in [0.25, 0.3) is 5.57 Å². The number of benzene rings is 2. The van der Waals surface area contributed by atoms with Gasteiger partial charge >= 0.3 is 0 Å². The third kappa shape index (κ3) is 3.05. The molecule has 3 rings (SSSR count). The molecule has 5 heteroatoms. The first-order valence-electron chi connectivity index (χ1n) is 7.97. The number of anilines is 1. The molecule has 4 nitrogen and oxygen atoms in total. The van der Waals surface area contributed by atoms with Gasteiger partial charge in [-0.3, -0.25) is 9.59 Å². The zero-order valence-electron chi connectivity index (χ0n) is 14.2. The highest BCUT2D eigenvalue weighted by atomic mass is 35.5. The predicted molar refractivity (Wildman–Crippen MR) is 98.8 cm³/mol. The Morgan fingerprint density at radius 1 is 0.920 bits per heavy atom. The Morgan fingerprint density at radius 3 is 2.04 bits per heavy atom. The molecular weight excluding hydrogens is 338 g/mol. The number of hydrogen-bond acceptors (Lipinski definition) is 3. The smallest absolute Gasteiger partial charge is 0.277 e. The second-order valence-corrected chi connectivity index (χ2v) is 6.49. The van der Waals surface area contributed by atoms with Crippen LogP contribution in [0.2, 0.25) is 0 Å². The summed E-state index contributed by atoms with van der Waals surface area (Å²) in [6.07, 6.45) is 0. The van der Waals surface area contributed by atoms with E-state index in [1.54, 1.807) is 43.5 Å². The van der Waals surface area contributed by atoms with Crippen LogP contribution in [0.5, 0.6) is 5.75 Å². The Labute approximate surface area is 151 Å². The van der Waals surface area contributed by atoms with Gasteiger partial charge in [-0.1, -0.05) is 49.7 Å². The highest BCUT2D eigenvalue weighted by Gasteiger charge is 2.39. The van der Waals surface area contributed by atoms with Gasteiger partial charge in [0.15, 0.2) is 0 Å². The van der Waals surface area contributed by atoms with E-state index in [-0.39, 0.29) is 10.6 Å². The summed E-state index contributed by atoms with van der Waals surface area (Å²) in [6, 6.07) is 14.3. The Morgan fingerprint density at radius 2 is 1.52 bits per heavy atom. The first kappa shape index (κ1) is 17.2. The van der Waals surface area contributed by atoms with Gasteiger partial charge in [-0.25, -0.2) is 4.90 Å². The molecule has 1 aliphatic rings. The van der Waals surface area contributed by atoms with E-state index in [4.69, 9.17) is 16.3 Å². The molecule has 0 aromatic heterocycles. The summed E-state index contributed by atoms with van der Waals surface area (Å²) in [4.78, 5) is 26.5. The first-order valence-corrected chi connectivity index (χ1v) is 8.34. The molecule has 0 spiro atoms. The first-order chi connectivity index (χ1) is 11.9. The van der Waals surface area contributed by atoms with Crippen LogP contribution in [0.4, 0.5) is 5.69 Å². The Bertz CT molecular complexity index is 852. The fourth-order valence-electron chi connectivity index (χ4n) is 2.75. The highest BCUT2D eigenvalue weighted by molar-refractivity contribution is 6.60. The van der Waals surface area contributed by atoms with E-state index in [0.717, 1.165) is 10.5 Å². The van der Waals surface area contributed by atoms with Gasteiger partial charge in [-0.05, 0) is 41.3 Å². The standard InChI is InChI=1S/C20H18ClNO3/c1-12(2)13-4-8-15(9-5-13)22-19(23)17(18(21)20(22)24)14-6-10-16(25-3)11-7-14/h4-12H,1-3H3. The van der Waals surface area contributed by atoms with Crippen molar-refractivity contribution in [1.82, 2.24) is 0 Å². The molecule has 0 bridgehead atoms. The van der Waals surface area contributed by atoms with Crippen molar-refractivity contribution in [2.24, 2.45) is 0 Å². The molecule has 1 aliphatic heterocycles. The molecule has 2 aromatic carbocycles. The minimum Gasteiger partial charge on any atom is -0.497 e. The summed E-state index contributed by atoms with van der Waals surface area (Å²) in [5.74, 6) is 0.112. The summed E-state index contributed by atoms with van der Waals surface area (Å²) >= 11 is 6.19. The van der Waals surface area contributed by atoms with Crippen molar-refractivity contribution in [3.05, 3.63) is 64.7 Å². The fraction of sp³-hybridized carbons (Fsp3) is 0.200. The molecule has 2 aromatic rings. The Kier molecular flexibility index (Phi) is 4.64. The van der Waals surface area contributed by atoms with E-state index in [1.807, 2.05) is 12.1 Å². The quantitative estimate of drug-likeness (QED) is 0.766. The second kappa shape index (κ2) is 6.73. The van der Waals surface area contributed by atoms with E-state index in [2.05, 4.69) is 13.8 Å². The number of rotatable bonds is 4. The van der Waals surface area contributed by atoms with Crippen molar-refractivity contribution < 1.29 is 14.3 Å². The average Bonchev–Trinajstić information content (AvgIpc) is 2.84. The third-order valence-corrected chi connectivity index (χ3v) is 4.57. The normalized spacial score (nSPS) is 14.7. The van der Waals surface area contributed by atoms with Gasteiger partial charge < -0.3 is 4.74 Å². The van der Waals surface area contributed by atoms with Crippen LogP contribution in [-0.4, -0.2) is 18.9 Å². The number of nitrogens with zero attached hydrogens (tertiary/aromatic N) is 1. The minimum absolute atomic E-state index is 0.0666. The van der Waals surface area contributed by atoms with Crippen LogP contribution in [0, 0.1) is 0 Å². The predicted octanol–water partition coefficient (Wildman–Crippen LogP) is 4.34. The van der Waals surface area contributed by atoms with Crippen LogP contribution in [0.1, 0.15) is 30.9 Å². The number of halogens is 1. The molecule has 0 N–H and O–H groups in total. The molecule has 0 radical (unpaired) electrons. The topological polar surface area (TPSA) is 46.6 Å². The maximum absolute atomic E-state index is 12.8. The number of imide groups is 1. The molecule has 0 saturated carbocycles. The number of amides is 2. The summed E-state index contributed by atoms with van der Waals surface area (Å²) in [6.45, 7) is 4.17. The molecular formula is C20H18ClNO3. The lowest BCUT2D eigenvalue weighted by Crippen LogP contribution is -2.31. The van der Waals surface area contributed by atoms with Gasteiger partial charge in [0.05, 0.1) is 18.4 Å². The minimum atomic E-state index is -0.505. The Balaban J connectivity index is 1.95. The van der Waals surface area contributed by atoms with E-state index in [0.29, 0.717) is 22.9 Å². The molecule has 2 amide bonds. The lowest BCUT2D eigenvalue weighted by Gasteiger charge is -2.16. The molecule has 0 aliphatic carbocycles. The van der Waals surface area contributed by atoms with Crippen LogP contribution in [0.15, 0.2) is 53.6 Å². The number of methoxy groups -OCH3 is 1. The molecule has 0 fully saturated rings. The van der Waals surface area contributed by atoms with E-state index in [1.165, 1.54) is 0 Å². The van der Waals surface area contributed by atoms with Crippen molar-refractivity contribution in [3.8, 4) is 5.75 Å². The molecule has 128 valence electrons. The van der Waals surface area contributed by atoms with Crippen molar-refractivity contribution in [2.45, 2.75) is 19.8 Å². The van der Waals surface area contributed by atoms with Crippen molar-refractivity contribution >= 4 is 34.7 Å². The molecule has 0 saturated heterocycles. The maximum atomic E-state index is 12.8. The zero-order valence-corrected chi connectivity index (χ0v) is 15.0. The van der Waals surface area contributed by atoms with Crippen LogP contribution in [0.3, 0.4) is 0 Å². The number of ether oxygens (including phenoxy) is 1. The number of carbonyl (C=O) groups is 2. The fourth-order valence-corrected chi connectivity index (χ4v) is 3.03. The van der Waals surface area contributed by atoms with Gasteiger partial charge in [0.25, 0.3) is 11.8 Å². The van der Waals surface area contributed by atoms with Gasteiger partial charge in [-0.2, -0.15) is 0 Å². The third-order valence-electron chi connectivity index (χ3n) is 4.22. The van der Waals surface area contributed by atoms with Crippen LogP contribution < -0.4 is 9.64 Å². The SMILES string of the molecule is COc1ccc(C2=C(Cl)C(=O)N(c3ccc(C(C)C)cc3)C2=O)cc1.